The van der Waals surface area contributed by atoms with Crippen molar-refractivity contribution in [3.8, 4) is 17.6 Å². The minimum absolute atomic E-state index is 0.175. The molecule has 156 valence electrons. The molecule has 0 fully saturated rings. The summed E-state index contributed by atoms with van der Waals surface area (Å²) in [5.41, 5.74) is 2.62. The van der Waals surface area contributed by atoms with E-state index in [1.807, 2.05) is 0 Å². The van der Waals surface area contributed by atoms with E-state index in [-0.39, 0.29) is 12.2 Å². The van der Waals surface area contributed by atoms with Crippen molar-refractivity contribution in [3.05, 3.63) is 93.0 Å². The first-order chi connectivity index (χ1) is 14.9. The number of rotatable bonds is 7. The standard InChI is InChI=1S/C24H17Cl2NO4/c1-30-22-12-16(10-18(13-27)19-4-2-3-5-20(19)25)11-21(26)23(22)31-14-15-6-8-17(9-7-15)24(28)29/h2-12H,14H2,1H3,(H,28,29). The lowest BCUT2D eigenvalue weighted by atomic mass is 10.0. The van der Waals surface area contributed by atoms with E-state index in [4.69, 9.17) is 37.8 Å². The lowest BCUT2D eigenvalue weighted by Crippen LogP contribution is -2.00. The Balaban J connectivity index is 1.87. The summed E-state index contributed by atoms with van der Waals surface area (Å²) in [6, 6.07) is 19.0. The van der Waals surface area contributed by atoms with Crippen LogP contribution in [0.1, 0.15) is 27.0 Å². The monoisotopic (exact) mass is 453 g/mol. The van der Waals surface area contributed by atoms with Gasteiger partial charge in [0.15, 0.2) is 11.5 Å². The van der Waals surface area contributed by atoms with Crippen molar-refractivity contribution in [2.45, 2.75) is 6.61 Å². The molecule has 0 unspecified atom stereocenters. The highest BCUT2D eigenvalue weighted by Crippen LogP contribution is 2.38. The number of allylic oxidation sites excluding steroid dienone is 1. The zero-order chi connectivity index (χ0) is 22.4. The average molecular weight is 454 g/mol. The van der Waals surface area contributed by atoms with Gasteiger partial charge in [0.2, 0.25) is 0 Å². The number of halogens is 2. The number of carboxylic acids is 1. The highest BCUT2D eigenvalue weighted by molar-refractivity contribution is 6.33. The van der Waals surface area contributed by atoms with Crippen LogP contribution in [-0.4, -0.2) is 18.2 Å². The summed E-state index contributed by atoms with van der Waals surface area (Å²) in [5.74, 6) is -0.244. The lowest BCUT2D eigenvalue weighted by Gasteiger charge is -2.14. The molecule has 3 rings (SSSR count). The Morgan fingerprint density at radius 2 is 1.81 bits per heavy atom. The van der Waals surface area contributed by atoms with Crippen LogP contribution in [0.2, 0.25) is 10.0 Å². The van der Waals surface area contributed by atoms with Crippen LogP contribution >= 0.6 is 23.2 Å². The van der Waals surface area contributed by atoms with Crippen molar-refractivity contribution in [1.82, 2.24) is 0 Å². The third-order valence-corrected chi connectivity index (χ3v) is 5.04. The Hall–Kier alpha value is -3.46. The van der Waals surface area contributed by atoms with Gasteiger partial charge in [0.25, 0.3) is 0 Å². The van der Waals surface area contributed by atoms with Gasteiger partial charge in [0.1, 0.15) is 6.61 Å². The van der Waals surface area contributed by atoms with E-state index < -0.39 is 5.97 Å². The SMILES string of the molecule is COc1cc(C=C(C#N)c2ccccc2Cl)cc(Cl)c1OCc1ccc(C(=O)O)cc1. The Morgan fingerprint density at radius 1 is 1.10 bits per heavy atom. The second-order valence-electron chi connectivity index (χ2n) is 6.47. The minimum atomic E-state index is -0.991. The van der Waals surface area contributed by atoms with E-state index in [1.54, 1.807) is 54.6 Å². The molecule has 31 heavy (non-hydrogen) atoms. The van der Waals surface area contributed by atoms with Gasteiger partial charge in [-0.3, -0.25) is 0 Å². The molecule has 0 heterocycles. The quantitative estimate of drug-likeness (QED) is 0.333. The predicted octanol–water partition coefficient (Wildman–Crippen LogP) is 6.34. The van der Waals surface area contributed by atoms with Gasteiger partial charge in [0, 0.05) is 10.6 Å². The van der Waals surface area contributed by atoms with Gasteiger partial charge in [-0.15, -0.1) is 0 Å². The highest BCUT2D eigenvalue weighted by Gasteiger charge is 2.13. The summed E-state index contributed by atoms with van der Waals surface area (Å²) in [7, 11) is 1.49. The minimum Gasteiger partial charge on any atom is -0.493 e. The molecular weight excluding hydrogens is 437 g/mol. The van der Waals surface area contributed by atoms with Crippen molar-refractivity contribution in [3.63, 3.8) is 0 Å². The van der Waals surface area contributed by atoms with E-state index in [0.717, 1.165) is 5.56 Å². The molecule has 0 aromatic heterocycles. The van der Waals surface area contributed by atoms with Crippen molar-refractivity contribution >= 4 is 40.8 Å². The van der Waals surface area contributed by atoms with Crippen LogP contribution in [-0.2, 0) is 6.61 Å². The number of hydrogen-bond donors (Lipinski definition) is 1. The topological polar surface area (TPSA) is 79.5 Å². The Kier molecular flexibility index (Phi) is 7.19. The number of hydrogen-bond acceptors (Lipinski definition) is 4. The Bertz CT molecular complexity index is 1180. The summed E-state index contributed by atoms with van der Waals surface area (Å²) in [6.45, 7) is 0.175. The maximum absolute atomic E-state index is 11.0. The second-order valence-corrected chi connectivity index (χ2v) is 7.29. The van der Waals surface area contributed by atoms with E-state index in [0.29, 0.717) is 38.2 Å². The van der Waals surface area contributed by atoms with Gasteiger partial charge in [-0.1, -0.05) is 53.5 Å². The van der Waals surface area contributed by atoms with E-state index >= 15 is 0 Å². The number of ether oxygens (including phenoxy) is 2. The molecule has 3 aromatic carbocycles. The molecule has 0 spiro atoms. The summed E-state index contributed by atoms with van der Waals surface area (Å²) >= 11 is 12.6. The molecule has 0 saturated heterocycles. The fraction of sp³-hybridized carbons (Fsp3) is 0.0833. The Morgan fingerprint density at radius 3 is 2.42 bits per heavy atom. The second kappa shape index (κ2) is 10.0. The number of carbonyl (C=O) groups is 1. The molecule has 0 aliphatic rings. The lowest BCUT2D eigenvalue weighted by molar-refractivity contribution is 0.0697. The van der Waals surface area contributed by atoms with E-state index in [2.05, 4.69) is 6.07 Å². The van der Waals surface area contributed by atoms with Gasteiger partial charge in [-0.2, -0.15) is 5.26 Å². The molecule has 0 atom stereocenters. The first kappa shape index (κ1) is 22.2. The number of benzene rings is 3. The third kappa shape index (κ3) is 5.37. The first-order valence-corrected chi connectivity index (χ1v) is 9.87. The smallest absolute Gasteiger partial charge is 0.335 e. The van der Waals surface area contributed by atoms with E-state index in [9.17, 15) is 10.1 Å². The molecule has 0 amide bonds. The van der Waals surface area contributed by atoms with Crippen LogP contribution < -0.4 is 9.47 Å². The molecule has 0 aliphatic carbocycles. The summed E-state index contributed by atoms with van der Waals surface area (Å²) in [6.07, 6.45) is 1.67. The molecule has 0 saturated carbocycles. The average Bonchev–Trinajstić information content (AvgIpc) is 2.77. The van der Waals surface area contributed by atoms with Gasteiger partial charge in [-0.05, 0) is 47.5 Å². The zero-order valence-electron chi connectivity index (χ0n) is 16.4. The first-order valence-electron chi connectivity index (χ1n) is 9.12. The van der Waals surface area contributed by atoms with E-state index in [1.165, 1.54) is 19.2 Å². The number of carboxylic acid groups (broad SMARTS) is 1. The molecule has 5 nitrogen and oxygen atoms in total. The van der Waals surface area contributed by atoms with Crippen LogP contribution in [0.4, 0.5) is 0 Å². The third-order valence-electron chi connectivity index (χ3n) is 4.43. The highest BCUT2D eigenvalue weighted by atomic mass is 35.5. The van der Waals surface area contributed by atoms with Crippen LogP contribution in [0.25, 0.3) is 11.6 Å². The maximum atomic E-state index is 11.0. The van der Waals surface area contributed by atoms with Gasteiger partial charge in [0.05, 0.1) is 29.3 Å². The molecular formula is C24H17Cl2NO4. The molecule has 7 heteroatoms. The number of nitrogens with zero attached hydrogens (tertiary/aromatic N) is 1. The maximum Gasteiger partial charge on any atom is 0.335 e. The Labute approximate surface area is 189 Å². The molecule has 1 N–H and O–H groups in total. The fourth-order valence-corrected chi connectivity index (χ4v) is 3.39. The van der Waals surface area contributed by atoms with Crippen molar-refractivity contribution in [2.24, 2.45) is 0 Å². The molecule has 0 radical (unpaired) electrons. The molecule has 0 bridgehead atoms. The number of methoxy groups -OCH3 is 1. The van der Waals surface area contributed by atoms with Gasteiger partial charge in [-0.25, -0.2) is 4.79 Å². The van der Waals surface area contributed by atoms with Crippen LogP contribution in [0.15, 0.2) is 60.7 Å². The number of nitriles is 1. The van der Waals surface area contributed by atoms with Gasteiger partial charge >= 0.3 is 5.97 Å². The predicted molar refractivity (Wildman–Crippen MR) is 121 cm³/mol. The molecule has 3 aromatic rings. The van der Waals surface area contributed by atoms with Crippen LogP contribution in [0, 0.1) is 11.3 Å². The fourth-order valence-electron chi connectivity index (χ4n) is 2.88. The zero-order valence-corrected chi connectivity index (χ0v) is 17.9. The van der Waals surface area contributed by atoms with Crippen molar-refractivity contribution in [1.29, 1.82) is 5.26 Å². The largest absolute Gasteiger partial charge is 0.493 e. The number of aromatic carboxylic acids is 1. The normalized spacial score (nSPS) is 11.0. The summed E-state index contributed by atoms with van der Waals surface area (Å²) in [4.78, 5) is 11.0. The van der Waals surface area contributed by atoms with Crippen molar-refractivity contribution < 1.29 is 19.4 Å². The van der Waals surface area contributed by atoms with Crippen molar-refractivity contribution in [2.75, 3.05) is 7.11 Å². The summed E-state index contributed by atoms with van der Waals surface area (Å²) in [5, 5.41) is 19.3. The molecule has 0 aliphatic heterocycles. The summed E-state index contributed by atoms with van der Waals surface area (Å²) < 4.78 is 11.2. The van der Waals surface area contributed by atoms with Gasteiger partial charge < -0.3 is 14.6 Å². The van der Waals surface area contributed by atoms with Crippen LogP contribution in [0.3, 0.4) is 0 Å². The van der Waals surface area contributed by atoms with Crippen LogP contribution in [0.5, 0.6) is 11.5 Å².